The van der Waals surface area contributed by atoms with Crippen LogP contribution < -0.4 is 14.8 Å². The maximum absolute atomic E-state index is 13.4. The van der Waals surface area contributed by atoms with Gasteiger partial charge in [0.1, 0.15) is 16.9 Å². The summed E-state index contributed by atoms with van der Waals surface area (Å²) < 4.78 is 10.6. The maximum atomic E-state index is 13.4. The molecule has 0 radical (unpaired) electrons. The first-order chi connectivity index (χ1) is 13.9. The summed E-state index contributed by atoms with van der Waals surface area (Å²) in [7, 11) is 3.10. The van der Waals surface area contributed by atoms with Crippen LogP contribution >= 0.6 is 0 Å². The van der Waals surface area contributed by atoms with Gasteiger partial charge in [-0.05, 0) is 44.4 Å². The molecular weight excluding hydrogens is 368 g/mol. The number of amides is 2. The Bertz CT molecular complexity index is 876. The van der Waals surface area contributed by atoms with E-state index in [1.165, 1.54) is 7.11 Å². The lowest BCUT2D eigenvalue weighted by molar-refractivity contribution is -0.144. The Labute approximate surface area is 171 Å². The van der Waals surface area contributed by atoms with Gasteiger partial charge in [0.15, 0.2) is 0 Å². The van der Waals surface area contributed by atoms with Gasteiger partial charge in [-0.3, -0.25) is 9.59 Å². The van der Waals surface area contributed by atoms with Crippen molar-refractivity contribution in [1.82, 2.24) is 4.90 Å². The van der Waals surface area contributed by atoms with Crippen LogP contribution in [0.25, 0.3) is 0 Å². The van der Waals surface area contributed by atoms with Crippen molar-refractivity contribution in [1.29, 1.82) is 0 Å². The van der Waals surface area contributed by atoms with Crippen molar-refractivity contribution in [3.8, 4) is 11.5 Å². The fourth-order valence-corrected chi connectivity index (χ4v) is 3.36. The van der Waals surface area contributed by atoms with Gasteiger partial charge in [0.2, 0.25) is 11.8 Å². The van der Waals surface area contributed by atoms with E-state index in [0.29, 0.717) is 36.6 Å². The standard InChI is InChI=1S/C23H28N2O4/c1-16(2)25(15-17-8-6-5-7-9-17)22(27)23(12-13-23)21(26)24-19-14-18(28-3)10-11-20(19)29-4/h5-11,14,16H,12-13,15H2,1-4H3,(H,24,26). The van der Waals surface area contributed by atoms with Gasteiger partial charge in [0.25, 0.3) is 0 Å². The van der Waals surface area contributed by atoms with E-state index in [9.17, 15) is 9.59 Å². The Morgan fingerprint density at radius 3 is 2.31 bits per heavy atom. The van der Waals surface area contributed by atoms with E-state index in [-0.39, 0.29) is 17.9 Å². The predicted molar refractivity (Wildman–Crippen MR) is 112 cm³/mol. The lowest BCUT2D eigenvalue weighted by atomic mass is 10.0. The Morgan fingerprint density at radius 1 is 1.07 bits per heavy atom. The molecule has 0 aromatic heterocycles. The minimum atomic E-state index is -1.02. The number of carbonyl (C=O) groups is 2. The predicted octanol–water partition coefficient (Wildman–Crippen LogP) is 3.86. The van der Waals surface area contributed by atoms with Crippen molar-refractivity contribution in [2.45, 2.75) is 39.3 Å². The average molecular weight is 396 g/mol. The van der Waals surface area contributed by atoms with Gasteiger partial charge >= 0.3 is 0 Å². The number of rotatable bonds is 8. The summed E-state index contributed by atoms with van der Waals surface area (Å²) >= 11 is 0. The molecule has 1 saturated carbocycles. The molecule has 2 aromatic carbocycles. The van der Waals surface area contributed by atoms with Gasteiger partial charge in [-0.15, -0.1) is 0 Å². The summed E-state index contributed by atoms with van der Waals surface area (Å²) in [6, 6.07) is 15.0. The minimum Gasteiger partial charge on any atom is -0.497 e. The molecular formula is C23H28N2O4. The molecule has 0 bridgehead atoms. The minimum absolute atomic E-state index is 0.0145. The highest BCUT2D eigenvalue weighted by Gasteiger charge is 2.58. The molecule has 1 aliphatic carbocycles. The number of carbonyl (C=O) groups excluding carboxylic acids is 2. The van der Waals surface area contributed by atoms with Crippen molar-refractivity contribution in [3.05, 3.63) is 54.1 Å². The summed E-state index contributed by atoms with van der Waals surface area (Å²) in [6.45, 7) is 4.43. The highest BCUT2D eigenvalue weighted by atomic mass is 16.5. The second-order valence-corrected chi connectivity index (χ2v) is 7.61. The van der Waals surface area contributed by atoms with Crippen LogP contribution in [0, 0.1) is 5.41 Å². The van der Waals surface area contributed by atoms with E-state index < -0.39 is 5.41 Å². The first kappa shape index (κ1) is 20.7. The zero-order valence-electron chi connectivity index (χ0n) is 17.4. The van der Waals surface area contributed by atoms with Crippen LogP contribution in [-0.2, 0) is 16.1 Å². The molecule has 6 heteroatoms. The number of nitrogens with one attached hydrogen (secondary N) is 1. The van der Waals surface area contributed by atoms with E-state index in [0.717, 1.165) is 5.56 Å². The van der Waals surface area contributed by atoms with Gasteiger partial charge in [-0.1, -0.05) is 30.3 Å². The normalized spacial score (nSPS) is 14.2. The average Bonchev–Trinajstić information content (AvgIpc) is 3.54. The van der Waals surface area contributed by atoms with Crippen LogP contribution in [-0.4, -0.2) is 37.0 Å². The van der Waals surface area contributed by atoms with Crippen LogP contribution in [0.3, 0.4) is 0 Å². The lowest BCUT2D eigenvalue weighted by Crippen LogP contribution is -2.45. The summed E-state index contributed by atoms with van der Waals surface area (Å²) in [5.41, 5.74) is 0.517. The zero-order chi connectivity index (χ0) is 21.0. The smallest absolute Gasteiger partial charge is 0.240 e. The van der Waals surface area contributed by atoms with E-state index in [1.54, 1.807) is 30.2 Å². The highest BCUT2D eigenvalue weighted by molar-refractivity contribution is 6.13. The monoisotopic (exact) mass is 396 g/mol. The molecule has 154 valence electrons. The Balaban J connectivity index is 1.80. The van der Waals surface area contributed by atoms with Crippen molar-refractivity contribution in [2.75, 3.05) is 19.5 Å². The number of ether oxygens (including phenoxy) is 2. The highest BCUT2D eigenvalue weighted by Crippen LogP contribution is 2.49. The molecule has 0 atom stereocenters. The fourth-order valence-electron chi connectivity index (χ4n) is 3.36. The number of benzene rings is 2. The summed E-state index contributed by atoms with van der Waals surface area (Å²) in [4.78, 5) is 28.3. The SMILES string of the molecule is COc1ccc(OC)c(NC(=O)C2(C(=O)N(Cc3ccccc3)C(C)C)CC2)c1. The topological polar surface area (TPSA) is 67.9 Å². The molecule has 0 heterocycles. The van der Waals surface area contributed by atoms with Crippen molar-refractivity contribution >= 4 is 17.5 Å². The number of methoxy groups -OCH3 is 2. The Hall–Kier alpha value is -3.02. The quantitative estimate of drug-likeness (QED) is 0.688. The largest absolute Gasteiger partial charge is 0.497 e. The molecule has 3 rings (SSSR count). The molecule has 0 aliphatic heterocycles. The van der Waals surface area contributed by atoms with E-state index in [1.807, 2.05) is 44.2 Å². The maximum Gasteiger partial charge on any atom is 0.240 e. The number of hydrogen-bond donors (Lipinski definition) is 1. The number of hydrogen-bond acceptors (Lipinski definition) is 4. The molecule has 0 spiro atoms. The zero-order valence-corrected chi connectivity index (χ0v) is 17.4. The molecule has 2 amide bonds. The Morgan fingerprint density at radius 2 is 1.76 bits per heavy atom. The molecule has 1 N–H and O–H groups in total. The van der Waals surface area contributed by atoms with Crippen molar-refractivity contribution < 1.29 is 19.1 Å². The van der Waals surface area contributed by atoms with Gasteiger partial charge in [0.05, 0.1) is 19.9 Å². The van der Waals surface area contributed by atoms with Crippen molar-refractivity contribution in [3.63, 3.8) is 0 Å². The van der Waals surface area contributed by atoms with Gasteiger partial charge in [-0.25, -0.2) is 0 Å². The van der Waals surface area contributed by atoms with Crippen LogP contribution in [0.4, 0.5) is 5.69 Å². The van der Waals surface area contributed by atoms with E-state index >= 15 is 0 Å². The fraction of sp³-hybridized carbons (Fsp3) is 0.391. The molecule has 0 saturated heterocycles. The molecule has 29 heavy (non-hydrogen) atoms. The lowest BCUT2D eigenvalue weighted by Gasteiger charge is -2.30. The van der Waals surface area contributed by atoms with Crippen LogP contribution in [0.1, 0.15) is 32.3 Å². The van der Waals surface area contributed by atoms with Crippen molar-refractivity contribution in [2.24, 2.45) is 5.41 Å². The van der Waals surface area contributed by atoms with Crippen LogP contribution in [0.5, 0.6) is 11.5 Å². The van der Waals surface area contributed by atoms with Gasteiger partial charge < -0.3 is 19.7 Å². The summed E-state index contributed by atoms with van der Waals surface area (Å²) in [6.07, 6.45) is 1.09. The second-order valence-electron chi connectivity index (χ2n) is 7.61. The number of nitrogens with zero attached hydrogens (tertiary/aromatic N) is 1. The van der Waals surface area contributed by atoms with E-state index in [2.05, 4.69) is 5.32 Å². The summed E-state index contributed by atoms with van der Waals surface area (Å²) in [5.74, 6) is 0.695. The Kier molecular flexibility index (Phi) is 6.11. The van der Waals surface area contributed by atoms with Gasteiger partial charge in [0, 0.05) is 18.7 Å². The third-order valence-corrected chi connectivity index (χ3v) is 5.33. The third-order valence-electron chi connectivity index (χ3n) is 5.33. The molecule has 6 nitrogen and oxygen atoms in total. The first-order valence-corrected chi connectivity index (χ1v) is 9.80. The van der Waals surface area contributed by atoms with Crippen LogP contribution in [0.15, 0.2) is 48.5 Å². The molecule has 1 fully saturated rings. The van der Waals surface area contributed by atoms with Gasteiger partial charge in [-0.2, -0.15) is 0 Å². The number of anilines is 1. The van der Waals surface area contributed by atoms with Crippen LogP contribution in [0.2, 0.25) is 0 Å². The molecule has 1 aliphatic rings. The third kappa shape index (κ3) is 4.36. The molecule has 2 aromatic rings. The summed E-state index contributed by atoms with van der Waals surface area (Å²) in [5, 5.41) is 2.89. The first-order valence-electron chi connectivity index (χ1n) is 9.80. The molecule has 0 unspecified atom stereocenters. The second kappa shape index (κ2) is 8.55. The van der Waals surface area contributed by atoms with E-state index in [4.69, 9.17) is 9.47 Å².